The Hall–Kier alpha value is -2.24. The van der Waals surface area contributed by atoms with Crippen molar-refractivity contribution < 1.29 is 9.59 Å². The number of hydrazone groups is 1. The first kappa shape index (κ1) is 13.8. The van der Waals surface area contributed by atoms with Crippen molar-refractivity contribution in [2.75, 3.05) is 0 Å². The average Bonchev–Trinajstić information content (AvgIpc) is 2.35. The summed E-state index contributed by atoms with van der Waals surface area (Å²) in [6.45, 7) is 5.24. The molecule has 0 bridgehead atoms. The summed E-state index contributed by atoms with van der Waals surface area (Å²) in [5, 5.41) is 6.29. The smallest absolute Gasteiger partial charge is 0.329 e. The molecule has 18 heavy (non-hydrogen) atoms. The van der Waals surface area contributed by atoms with E-state index < -0.39 is 11.8 Å². The maximum atomic E-state index is 11.4. The minimum atomic E-state index is -0.793. The molecule has 1 aromatic heterocycles. The molecule has 6 heteroatoms. The molecular weight excluding hydrogens is 232 g/mol. The first-order valence-electron chi connectivity index (χ1n) is 5.57. The van der Waals surface area contributed by atoms with Crippen LogP contribution < -0.4 is 10.7 Å². The van der Waals surface area contributed by atoms with Crippen LogP contribution in [0.25, 0.3) is 0 Å². The Balaban J connectivity index is 2.59. The molecule has 1 heterocycles. The Kier molecular flexibility index (Phi) is 4.98. The van der Waals surface area contributed by atoms with Gasteiger partial charge in [0.05, 0.1) is 11.4 Å². The third-order valence-electron chi connectivity index (χ3n) is 1.99. The number of nitrogens with one attached hydrogen (secondary N) is 2. The minimum Gasteiger partial charge on any atom is -0.346 e. The highest BCUT2D eigenvalue weighted by atomic mass is 16.2. The van der Waals surface area contributed by atoms with Gasteiger partial charge in [-0.2, -0.15) is 5.10 Å². The number of pyridine rings is 1. The summed E-state index contributed by atoms with van der Waals surface area (Å²) in [5.41, 5.74) is 3.35. The van der Waals surface area contributed by atoms with Gasteiger partial charge in [0.15, 0.2) is 0 Å². The van der Waals surface area contributed by atoms with Crippen molar-refractivity contribution in [1.29, 1.82) is 0 Å². The maximum absolute atomic E-state index is 11.4. The number of hydrogen-bond donors (Lipinski definition) is 2. The van der Waals surface area contributed by atoms with Crippen molar-refractivity contribution in [1.82, 2.24) is 15.7 Å². The summed E-state index contributed by atoms with van der Waals surface area (Å²) in [4.78, 5) is 26.7. The lowest BCUT2D eigenvalue weighted by Gasteiger charge is -2.06. The molecule has 0 radical (unpaired) electrons. The van der Waals surface area contributed by atoms with E-state index in [2.05, 4.69) is 20.8 Å². The zero-order chi connectivity index (χ0) is 13.5. The molecule has 0 atom stereocenters. The number of rotatable bonds is 3. The second-order valence-electron chi connectivity index (χ2n) is 3.98. The predicted molar refractivity (Wildman–Crippen MR) is 67.9 cm³/mol. The van der Waals surface area contributed by atoms with Gasteiger partial charge in [0.1, 0.15) is 0 Å². The topological polar surface area (TPSA) is 83.5 Å². The van der Waals surface area contributed by atoms with E-state index in [-0.39, 0.29) is 6.04 Å². The van der Waals surface area contributed by atoms with Crippen LogP contribution in [0.4, 0.5) is 0 Å². The van der Waals surface area contributed by atoms with Crippen molar-refractivity contribution in [2.24, 2.45) is 5.10 Å². The molecule has 0 saturated heterocycles. The molecule has 0 aromatic carbocycles. The highest BCUT2D eigenvalue weighted by Crippen LogP contribution is 1.94. The van der Waals surface area contributed by atoms with Gasteiger partial charge in [0.2, 0.25) is 0 Å². The summed E-state index contributed by atoms with van der Waals surface area (Å²) >= 11 is 0. The SMILES string of the molecule is C/C(=N/NC(=O)C(=O)NC(C)C)c1ccccn1. The lowest BCUT2D eigenvalue weighted by atomic mass is 10.3. The zero-order valence-electron chi connectivity index (χ0n) is 10.6. The monoisotopic (exact) mass is 248 g/mol. The Bertz CT molecular complexity index is 454. The van der Waals surface area contributed by atoms with Crippen LogP contribution in [0.2, 0.25) is 0 Å². The van der Waals surface area contributed by atoms with Gasteiger partial charge in [-0.05, 0) is 32.9 Å². The van der Waals surface area contributed by atoms with E-state index in [4.69, 9.17) is 0 Å². The molecule has 0 aliphatic heterocycles. The molecule has 0 unspecified atom stereocenters. The molecule has 0 aliphatic carbocycles. The Morgan fingerprint density at radius 1 is 1.28 bits per heavy atom. The summed E-state index contributed by atoms with van der Waals surface area (Å²) in [6, 6.07) is 5.27. The molecule has 0 fully saturated rings. The van der Waals surface area contributed by atoms with Gasteiger partial charge in [-0.25, -0.2) is 5.43 Å². The minimum absolute atomic E-state index is 0.0934. The lowest BCUT2D eigenvalue weighted by molar-refractivity contribution is -0.139. The van der Waals surface area contributed by atoms with Crippen molar-refractivity contribution in [3.05, 3.63) is 30.1 Å². The summed E-state index contributed by atoms with van der Waals surface area (Å²) in [6.07, 6.45) is 1.63. The molecule has 2 N–H and O–H groups in total. The molecule has 0 spiro atoms. The third kappa shape index (κ3) is 4.32. The molecule has 2 amide bonds. The lowest BCUT2D eigenvalue weighted by Crippen LogP contribution is -2.41. The van der Waals surface area contributed by atoms with Crippen LogP contribution in [0, 0.1) is 0 Å². The standard InChI is InChI=1S/C12H16N4O2/c1-8(2)14-11(17)12(18)16-15-9(3)10-6-4-5-7-13-10/h4-8H,1-3H3,(H,14,17)(H,16,18)/b15-9-. The summed E-state index contributed by atoms with van der Waals surface area (Å²) < 4.78 is 0. The van der Waals surface area contributed by atoms with Crippen molar-refractivity contribution in [3.8, 4) is 0 Å². The zero-order valence-corrected chi connectivity index (χ0v) is 10.6. The highest BCUT2D eigenvalue weighted by molar-refractivity contribution is 6.35. The van der Waals surface area contributed by atoms with E-state index in [1.807, 2.05) is 6.07 Å². The van der Waals surface area contributed by atoms with Crippen molar-refractivity contribution in [2.45, 2.75) is 26.8 Å². The van der Waals surface area contributed by atoms with E-state index in [9.17, 15) is 9.59 Å². The Morgan fingerprint density at radius 3 is 2.56 bits per heavy atom. The van der Waals surface area contributed by atoms with Crippen LogP contribution in [0.3, 0.4) is 0 Å². The van der Waals surface area contributed by atoms with Crippen LogP contribution >= 0.6 is 0 Å². The predicted octanol–water partition coefficient (Wildman–Crippen LogP) is 0.446. The van der Waals surface area contributed by atoms with Gasteiger partial charge in [-0.3, -0.25) is 14.6 Å². The fourth-order valence-electron chi connectivity index (χ4n) is 1.15. The first-order valence-corrected chi connectivity index (χ1v) is 5.57. The van der Waals surface area contributed by atoms with Crippen LogP contribution in [0.1, 0.15) is 26.5 Å². The average molecular weight is 248 g/mol. The van der Waals surface area contributed by atoms with Crippen molar-refractivity contribution in [3.63, 3.8) is 0 Å². The van der Waals surface area contributed by atoms with Crippen LogP contribution in [-0.2, 0) is 9.59 Å². The van der Waals surface area contributed by atoms with Crippen molar-refractivity contribution >= 4 is 17.5 Å². The number of carbonyl (C=O) groups excluding carboxylic acids is 2. The third-order valence-corrected chi connectivity index (χ3v) is 1.99. The largest absolute Gasteiger partial charge is 0.346 e. The van der Waals surface area contributed by atoms with E-state index in [1.54, 1.807) is 39.1 Å². The van der Waals surface area contributed by atoms with Crippen LogP contribution in [-0.4, -0.2) is 28.6 Å². The number of nitrogens with zero attached hydrogens (tertiary/aromatic N) is 2. The quantitative estimate of drug-likeness (QED) is 0.462. The van der Waals surface area contributed by atoms with E-state index in [0.29, 0.717) is 11.4 Å². The Morgan fingerprint density at radius 2 is 2.00 bits per heavy atom. The number of hydrogen-bond acceptors (Lipinski definition) is 4. The van der Waals surface area contributed by atoms with Crippen LogP contribution in [0.5, 0.6) is 0 Å². The van der Waals surface area contributed by atoms with E-state index >= 15 is 0 Å². The molecular formula is C12H16N4O2. The summed E-state index contributed by atoms with van der Waals surface area (Å²) in [7, 11) is 0. The molecule has 1 rings (SSSR count). The fraction of sp³-hybridized carbons (Fsp3) is 0.333. The van der Waals surface area contributed by atoms with Gasteiger partial charge in [0.25, 0.3) is 0 Å². The van der Waals surface area contributed by atoms with E-state index in [0.717, 1.165) is 0 Å². The number of amides is 2. The molecule has 0 saturated carbocycles. The van der Waals surface area contributed by atoms with Gasteiger partial charge < -0.3 is 5.32 Å². The van der Waals surface area contributed by atoms with Gasteiger partial charge in [-0.15, -0.1) is 0 Å². The number of carbonyl (C=O) groups is 2. The molecule has 6 nitrogen and oxygen atoms in total. The highest BCUT2D eigenvalue weighted by Gasteiger charge is 2.13. The number of aromatic nitrogens is 1. The maximum Gasteiger partial charge on any atom is 0.329 e. The normalized spacial score (nSPS) is 11.2. The summed E-state index contributed by atoms with van der Waals surface area (Å²) in [5.74, 6) is -1.50. The second kappa shape index (κ2) is 6.48. The first-order chi connectivity index (χ1) is 8.50. The van der Waals surface area contributed by atoms with Gasteiger partial charge >= 0.3 is 11.8 Å². The van der Waals surface area contributed by atoms with Crippen LogP contribution in [0.15, 0.2) is 29.5 Å². The van der Waals surface area contributed by atoms with E-state index in [1.165, 1.54) is 0 Å². The Labute approximate surface area is 105 Å². The molecule has 1 aromatic rings. The molecule has 96 valence electrons. The molecule has 0 aliphatic rings. The van der Waals surface area contributed by atoms with Gasteiger partial charge in [0, 0.05) is 12.2 Å². The van der Waals surface area contributed by atoms with Gasteiger partial charge in [-0.1, -0.05) is 6.07 Å². The second-order valence-corrected chi connectivity index (χ2v) is 3.98. The fourth-order valence-corrected chi connectivity index (χ4v) is 1.15.